The van der Waals surface area contributed by atoms with E-state index in [0.29, 0.717) is 26.2 Å². The maximum atomic E-state index is 9.20. The molecule has 6 nitrogen and oxygen atoms in total. The highest BCUT2D eigenvalue weighted by molar-refractivity contribution is 5.84. The lowest BCUT2D eigenvalue weighted by Gasteiger charge is -2.18. The molecule has 0 radical (unpaired) electrons. The SMILES string of the molecule is OCCCn1c(-c2ccncc2)nc2cc3c(cc21)OCCO3. The minimum atomic E-state index is 0.139. The Morgan fingerprint density at radius 2 is 1.83 bits per heavy atom. The van der Waals surface area contributed by atoms with Gasteiger partial charge < -0.3 is 19.1 Å². The fourth-order valence-electron chi connectivity index (χ4n) is 2.84. The number of aromatic nitrogens is 3. The summed E-state index contributed by atoms with van der Waals surface area (Å²) < 4.78 is 13.4. The number of fused-ring (bicyclic) bond motifs is 2. The number of rotatable bonds is 4. The van der Waals surface area contributed by atoms with E-state index < -0.39 is 0 Å². The number of pyridine rings is 1. The summed E-state index contributed by atoms with van der Waals surface area (Å²) >= 11 is 0. The van der Waals surface area contributed by atoms with Crippen molar-refractivity contribution in [2.45, 2.75) is 13.0 Å². The Bertz CT molecular complexity index is 830. The molecule has 6 heteroatoms. The second-order valence-corrected chi connectivity index (χ2v) is 5.38. The first-order chi connectivity index (χ1) is 11.4. The molecule has 0 bridgehead atoms. The summed E-state index contributed by atoms with van der Waals surface area (Å²) in [6, 6.07) is 7.76. The zero-order valence-electron chi connectivity index (χ0n) is 12.6. The van der Waals surface area contributed by atoms with Gasteiger partial charge in [0.15, 0.2) is 11.5 Å². The van der Waals surface area contributed by atoms with Gasteiger partial charge in [-0.05, 0) is 18.6 Å². The van der Waals surface area contributed by atoms with Crippen LogP contribution >= 0.6 is 0 Å². The molecule has 0 fully saturated rings. The van der Waals surface area contributed by atoms with E-state index in [9.17, 15) is 5.11 Å². The number of aliphatic hydroxyl groups is 1. The van der Waals surface area contributed by atoms with Crippen LogP contribution in [0.15, 0.2) is 36.7 Å². The number of imidazole rings is 1. The summed E-state index contributed by atoms with van der Waals surface area (Å²) in [6.07, 6.45) is 4.17. The number of benzene rings is 1. The van der Waals surface area contributed by atoms with Crippen molar-refractivity contribution >= 4 is 11.0 Å². The number of hydrogen-bond acceptors (Lipinski definition) is 5. The largest absolute Gasteiger partial charge is 0.486 e. The molecule has 3 aromatic rings. The van der Waals surface area contributed by atoms with Crippen molar-refractivity contribution in [2.75, 3.05) is 19.8 Å². The van der Waals surface area contributed by atoms with Crippen molar-refractivity contribution in [3.05, 3.63) is 36.7 Å². The van der Waals surface area contributed by atoms with Gasteiger partial charge in [0.05, 0.1) is 11.0 Å². The Kier molecular flexibility index (Phi) is 3.59. The number of hydrogen-bond donors (Lipinski definition) is 1. The highest BCUT2D eigenvalue weighted by Gasteiger charge is 2.18. The standard InChI is InChI=1S/C17H17N3O3/c21-7-1-6-20-14-11-16-15(22-8-9-23-16)10-13(14)19-17(20)12-2-4-18-5-3-12/h2-5,10-11,21H,1,6-9H2. The Balaban J connectivity index is 1.90. The first-order valence-corrected chi connectivity index (χ1v) is 7.68. The highest BCUT2D eigenvalue weighted by atomic mass is 16.6. The number of aliphatic hydroxyl groups excluding tert-OH is 1. The lowest BCUT2D eigenvalue weighted by Crippen LogP contribution is -2.15. The van der Waals surface area contributed by atoms with Crippen LogP contribution in [0.25, 0.3) is 22.4 Å². The lowest BCUT2D eigenvalue weighted by molar-refractivity contribution is 0.172. The van der Waals surface area contributed by atoms with Crippen molar-refractivity contribution in [1.29, 1.82) is 0 Å². The van der Waals surface area contributed by atoms with E-state index in [1.54, 1.807) is 12.4 Å². The van der Waals surface area contributed by atoms with E-state index in [-0.39, 0.29) is 6.61 Å². The summed E-state index contributed by atoms with van der Waals surface area (Å²) in [6.45, 7) is 1.94. The lowest BCUT2D eigenvalue weighted by atomic mass is 10.2. The number of nitrogens with zero attached hydrogens (tertiary/aromatic N) is 3. The number of ether oxygens (including phenoxy) is 2. The van der Waals surface area contributed by atoms with E-state index in [4.69, 9.17) is 14.5 Å². The van der Waals surface area contributed by atoms with Crippen molar-refractivity contribution in [3.8, 4) is 22.9 Å². The van der Waals surface area contributed by atoms with E-state index in [0.717, 1.165) is 33.9 Å². The van der Waals surface area contributed by atoms with E-state index in [1.165, 1.54) is 0 Å². The Morgan fingerprint density at radius 3 is 2.57 bits per heavy atom. The van der Waals surface area contributed by atoms with Gasteiger partial charge in [-0.25, -0.2) is 4.98 Å². The van der Waals surface area contributed by atoms with Crippen LogP contribution < -0.4 is 9.47 Å². The normalized spacial score (nSPS) is 13.4. The molecule has 0 saturated heterocycles. The van der Waals surface area contributed by atoms with Crippen LogP contribution in [0.1, 0.15) is 6.42 Å². The second-order valence-electron chi connectivity index (χ2n) is 5.38. The Hall–Kier alpha value is -2.60. The van der Waals surface area contributed by atoms with Crippen molar-refractivity contribution in [3.63, 3.8) is 0 Å². The van der Waals surface area contributed by atoms with Crippen molar-refractivity contribution < 1.29 is 14.6 Å². The molecule has 0 saturated carbocycles. The third-order valence-electron chi connectivity index (χ3n) is 3.89. The topological polar surface area (TPSA) is 69.4 Å². The van der Waals surface area contributed by atoms with Crippen LogP contribution in [-0.2, 0) is 6.54 Å². The fraction of sp³-hybridized carbons (Fsp3) is 0.294. The quantitative estimate of drug-likeness (QED) is 0.800. The highest BCUT2D eigenvalue weighted by Crippen LogP contribution is 2.36. The minimum absolute atomic E-state index is 0.139. The molecule has 0 amide bonds. The molecule has 2 aromatic heterocycles. The molecule has 1 N–H and O–H groups in total. The summed E-state index contributed by atoms with van der Waals surface area (Å²) in [7, 11) is 0. The smallest absolute Gasteiger partial charge is 0.163 e. The number of aryl methyl sites for hydroxylation is 1. The first-order valence-electron chi connectivity index (χ1n) is 7.68. The molecule has 4 rings (SSSR count). The van der Waals surface area contributed by atoms with Gasteiger partial charge in [-0.15, -0.1) is 0 Å². The summed E-state index contributed by atoms with van der Waals surface area (Å²) in [5, 5.41) is 9.20. The zero-order valence-corrected chi connectivity index (χ0v) is 12.6. The van der Waals surface area contributed by atoms with Crippen molar-refractivity contribution in [1.82, 2.24) is 14.5 Å². The third-order valence-corrected chi connectivity index (χ3v) is 3.89. The fourth-order valence-corrected chi connectivity index (χ4v) is 2.84. The summed E-state index contributed by atoms with van der Waals surface area (Å²) in [5.41, 5.74) is 2.84. The maximum absolute atomic E-state index is 9.20. The van der Waals surface area contributed by atoms with Gasteiger partial charge in [0.25, 0.3) is 0 Å². The first kappa shape index (κ1) is 14.0. The monoisotopic (exact) mass is 311 g/mol. The van der Waals surface area contributed by atoms with E-state index in [2.05, 4.69) is 9.55 Å². The average Bonchev–Trinajstić information content (AvgIpc) is 2.96. The molecule has 3 heterocycles. The van der Waals surface area contributed by atoms with Gasteiger partial charge in [0.2, 0.25) is 0 Å². The molecule has 0 atom stereocenters. The van der Waals surface area contributed by atoms with Crippen LogP contribution in [0.2, 0.25) is 0 Å². The molecular weight excluding hydrogens is 294 g/mol. The van der Waals surface area contributed by atoms with E-state index >= 15 is 0 Å². The maximum Gasteiger partial charge on any atom is 0.163 e. The predicted octanol–water partition coefficient (Wildman–Crippen LogP) is 2.25. The molecule has 0 aliphatic carbocycles. The van der Waals surface area contributed by atoms with Gasteiger partial charge in [0.1, 0.15) is 19.0 Å². The van der Waals surface area contributed by atoms with Crippen LogP contribution in [0.3, 0.4) is 0 Å². The molecule has 1 aliphatic rings. The summed E-state index contributed by atoms with van der Waals surface area (Å²) in [5.74, 6) is 2.34. The van der Waals surface area contributed by atoms with Gasteiger partial charge in [0, 0.05) is 43.2 Å². The molecule has 0 spiro atoms. The average molecular weight is 311 g/mol. The van der Waals surface area contributed by atoms with Gasteiger partial charge >= 0.3 is 0 Å². The van der Waals surface area contributed by atoms with Crippen molar-refractivity contribution in [2.24, 2.45) is 0 Å². The second kappa shape index (κ2) is 5.89. The van der Waals surface area contributed by atoms with Crippen LogP contribution in [0.5, 0.6) is 11.5 Å². The molecule has 23 heavy (non-hydrogen) atoms. The van der Waals surface area contributed by atoms with Crippen LogP contribution in [0, 0.1) is 0 Å². The Labute approximate surface area is 133 Å². The zero-order chi connectivity index (χ0) is 15.6. The van der Waals surface area contributed by atoms with Crippen LogP contribution in [-0.4, -0.2) is 39.5 Å². The Morgan fingerprint density at radius 1 is 1.09 bits per heavy atom. The summed E-state index contributed by atoms with van der Waals surface area (Å²) in [4.78, 5) is 8.82. The van der Waals surface area contributed by atoms with E-state index in [1.807, 2.05) is 24.3 Å². The van der Waals surface area contributed by atoms with Crippen LogP contribution in [0.4, 0.5) is 0 Å². The third kappa shape index (κ3) is 2.51. The molecule has 1 aromatic carbocycles. The molecular formula is C17H17N3O3. The minimum Gasteiger partial charge on any atom is -0.486 e. The molecule has 0 unspecified atom stereocenters. The van der Waals surface area contributed by atoms with Gasteiger partial charge in [-0.2, -0.15) is 0 Å². The molecule has 118 valence electrons. The molecule has 1 aliphatic heterocycles. The predicted molar refractivity (Wildman–Crippen MR) is 85.7 cm³/mol. The van der Waals surface area contributed by atoms with Gasteiger partial charge in [-0.1, -0.05) is 0 Å². The van der Waals surface area contributed by atoms with Gasteiger partial charge in [-0.3, -0.25) is 4.98 Å².